The van der Waals surface area contributed by atoms with Crippen molar-refractivity contribution in [3.63, 3.8) is 0 Å². The Labute approximate surface area is 148 Å². The Hall–Kier alpha value is -1.85. The van der Waals surface area contributed by atoms with Crippen molar-refractivity contribution in [2.45, 2.75) is 19.8 Å². The third kappa shape index (κ3) is 3.44. The van der Waals surface area contributed by atoms with Crippen molar-refractivity contribution in [2.75, 3.05) is 45.9 Å². The molecule has 0 atom stereocenters. The van der Waals surface area contributed by atoms with Crippen LogP contribution in [0.2, 0.25) is 0 Å². The smallest absolute Gasteiger partial charge is 0.256 e. The molecule has 1 aromatic carbocycles. The summed E-state index contributed by atoms with van der Waals surface area (Å²) >= 11 is 0. The summed E-state index contributed by atoms with van der Waals surface area (Å²) in [6, 6.07) is 8.08. The van der Waals surface area contributed by atoms with Gasteiger partial charge in [0.1, 0.15) is 0 Å². The van der Waals surface area contributed by atoms with Crippen LogP contribution in [0.4, 0.5) is 0 Å². The number of nitrogens with one attached hydrogen (secondary N) is 1. The second kappa shape index (κ2) is 7.18. The highest BCUT2D eigenvalue weighted by Crippen LogP contribution is 2.26. The first-order valence-corrected chi connectivity index (χ1v) is 9.39. The van der Waals surface area contributed by atoms with Crippen LogP contribution in [0.1, 0.15) is 28.9 Å². The summed E-state index contributed by atoms with van der Waals surface area (Å²) in [6.45, 7) is 8.70. The Bertz CT molecular complexity index is 740. The van der Waals surface area contributed by atoms with Gasteiger partial charge < -0.3 is 14.6 Å². The van der Waals surface area contributed by atoms with E-state index in [9.17, 15) is 4.79 Å². The van der Waals surface area contributed by atoms with E-state index in [2.05, 4.69) is 9.88 Å². The maximum absolute atomic E-state index is 13.1. The Kier molecular flexibility index (Phi) is 4.77. The number of rotatable bonds is 3. The van der Waals surface area contributed by atoms with Gasteiger partial charge in [-0.3, -0.25) is 9.69 Å². The number of H-pyrrole nitrogens is 1. The predicted octanol–water partition coefficient (Wildman–Crippen LogP) is 2.66. The van der Waals surface area contributed by atoms with Gasteiger partial charge in [-0.1, -0.05) is 18.2 Å². The van der Waals surface area contributed by atoms with Gasteiger partial charge in [0, 0.05) is 49.3 Å². The first-order chi connectivity index (χ1) is 12.2. The molecule has 2 aliphatic heterocycles. The van der Waals surface area contributed by atoms with E-state index in [0.29, 0.717) is 5.92 Å². The molecule has 134 valence electrons. The number of fused-ring (bicyclic) bond motifs is 1. The standard InChI is InChI=1S/C20H27N3O2/c1-15-19(17-4-2-3-5-18(17)21-15)20(24)23-8-6-16(7-9-23)14-22-10-12-25-13-11-22/h2-5,16,21H,6-14H2,1H3. The molecule has 0 bridgehead atoms. The largest absolute Gasteiger partial charge is 0.379 e. The van der Waals surface area contributed by atoms with Crippen LogP contribution in [0.15, 0.2) is 24.3 Å². The van der Waals surface area contributed by atoms with Gasteiger partial charge in [0.25, 0.3) is 5.91 Å². The summed E-state index contributed by atoms with van der Waals surface area (Å²) in [4.78, 5) is 21.0. The van der Waals surface area contributed by atoms with Crippen LogP contribution in [-0.2, 0) is 4.74 Å². The zero-order valence-electron chi connectivity index (χ0n) is 15.0. The molecule has 25 heavy (non-hydrogen) atoms. The van der Waals surface area contributed by atoms with Gasteiger partial charge in [0.15, 0.2) is 0 Å². The first kappa shape index (κ1) is 16.6. The fourth-order valence-corrected chi connectivity index (χ4v) is 4.18. The number of carbonyl (C=O) groups excluding carboxylic acids is 1. The van der Waals surface area contributed by atoms with Gasteiger partial charge in [0.2, 0.25) is 0 Å². The number of benzene rings is 1. The van der Waals surface area contributed by atoms with Crippen molar-refractivity contribution in [1.29, 1.82) is 0 Å². The van der Waals surface area contributed by atoms with Crippen LogP contribution in [0.25, 0.3) is 10.9 Å². The average Bonchev–Trinajstić information content (AvgIpc) is 2.98. The van der Waals surface area contributed by atoms with Crippen molar-refractivity contribution < 1.29 is 9.53 Å². The van der Waals surface area contributed by atoms with Gasteiger partial charge in [0.05, 0.1) is 18.8 Å². The van der Waals surface area contributed by atoms with E-state index < -0.39 is 0 Å². The lowest BCUT2D eigenvalue weighted by Crippen LogP contribution is -2.44. The summed E-state index contributed by atoms with van der Waals surface area (Å²) in [5, 5.41) is 1.04. The number of nitrogens with zero attached hydrogens (tertiary/aromatic N) is 2. The van der Waals surface area contributed by atoms with Crippen LogP contribution >= 0.6 is 0 Å². The highest BCUT2D eigenvalue weighted by atomic mass is 16.5. The molecule has 0 saturated carbocycles. The number of amides is 1. The van der Waals surface area contributed by atoms with E-state index in [1.807, 2.05) is 36.1 Å². The number of aromatic amines is 1. The zero-order chi connectivity index (χ0) is 17.2. The fourth-order valence-electron chi connectivity index (χ4n) is 4.18. The number of hydrogen-bond donors (Lipinski definition) is 1. The maximum Gasteiger partial charge on any atom is 0.256 e. The number of para-hydroxylation sites is 1. The SMILES string of the molecule is Cc1[nH]c2ccccc2c1C(=O)N1CCC(CN2CCOCC2)CC1. The van der Waals surface area contributed by atoms with Gasteiger partial charge in [-0.2, -0.15) is 0 Å². The summed E-state index contributed by atoms with van der Waals surface area (Å²) in [5.41, 5.74) is 2.87. The average molecular weight is 341 g/mol. The second-order valence-electron chi connectivity index (χ2n) is 7.32. The number of likely N-dealkylation sites (tertiary alicyclic amines) is 1. The third-order valence-electron chi connectivity index (χ3n) is 5.63. The van der Waals surface area contributed by atoms with E-state index >= 15 is 0 Å². The van der Waals surface area contributed by atoms with Gasteiger partial charge >= 0.3 is 0 Å². The van der Waals surface area contributed by atoms with Crippen molar-refractivity contribution in [1.82, 2.24) is 14.8 Å². The van der Waals surface area contributed by atoms with Crippen LogP contribution in [0.5, 0.6) is 0 Å². The normalized spacial score (nSPS) is 20.3. The quantitative estimate of drug-likeness (QED) is 0.934. The molecule has 0 unspecified atom stereocenters. The van der Waals surface area contributed by atoms with Crippen LogP contribution < -0.4 is 0 Å². The first-order valence-electron chi connectivity index (χ1n) is 9.39. The molecule has 1 amide bonds. The summed E-state index contributed by atoms with van der Waals surface area (Å²) < 4.78 is 5.43. The molecule has 5 heteroatoms. The second-order valence-corrected chi connectivity index (χ2v) is 7.32. The monoisotopic (exact) mass is 341 g/mol. The fraction of sp³-hybridized carbons (Fsp3) is 0.550. The number of ether oxygens (including phenoxy) is 1. The molecular formula is C20H27N3O2. The zero-order valence-corrected chi connectivity index (χ0v) is 15.0. The van der Waals surface area contributed by atoms with Crippen LogP contribution in [0.3, 0.4) is 0 Å². The molecule has 1 N–H and O–H groups in total. The van der Waals surface area contributed by atoms with Gasteiger partial charge in [-0.25, -0.2) is 0 Å². The number of aryl methyl sites for hydroxylation is 1. The van der Waals surface area contributed by atoms with Gasteiger partial charge in [-0.15, -0.1) is 0 Å². The molecule has 1 aromatic heterocycles. The maximum atomic E-state index is 13.1. The molecule has 2 saturated heterocycles. The van der Waals surface area contributed by atoms with E-state index in [1.165, 1.54) is 0 Å². The molecule has 2 aromatic rings. The molecule has 0 aliphatic carbocycles. The van der Waals surface area contributed by atoms with Crippen molar-refractivity contribution in [2.24, 2.45) is 5.92 Å². The summed E-state index contributed by atoms with van der Waals surface area (Å²) in [7, 11) is 0. The molecule has 0 radical (unpaired) electrons. The number of carbonyl (C=O) groups is 1. The van der Waals surface area contributed by atoms with Crippen LogP contribution in [0, 0.1) is 12.8 Å². The molecule has 0 spiro atoms. The van der Waals surface area contributed by atoms with Crippen LogP contribution in [-0.4, -0.2) is 66.6 Å². The Morgan fingerprint density at radius 3 is 2.64 bits per heavy atom. The molecule has 4 rings (SSSR count). The van der Waals surface area contributed by atoms with E-state index in [4.69, 9.17) is 4.74 Å². The summed E-state index contributed by atoms with van der Waals surface area (Å²) in [6.07, 6.45) is 2.20. The highest BCUT2D eigenvalue weighted by molar-refractivity contribution is 6.08. The Morgan fingerprint density at radius 1 is 1.16 bits per heavy atom. The lowest BCUT2D eigenvalue weighted by molar-refractivity contribution is 0.0243. The number of aromatic nitrogens is 1. The topological polar surface area (TPSA) is 48.6 Å². The predicted molar refractivity (Wildman–Crippen MR) is 98.9 cm³/mol. The van der Waals surface area contributed by atoms with Crippen molar-refractivity contribution >= 4 is 16.8 Å². The Balaban J connectivity index is 1.40. The minimum absolute atomic E-state index is 0.180. The minimum Gasteiger partial charge on any atom is -0.379 e. The number of piperidine rings is 1. The lowest BCUT2D eigenvalue weighted by atomic mass is 9.95. The molecule has 5 nitrogen and oxygen atoms in total. The van der Waals surface area contributed by atoms with Crippen molar-refractivity contribution in [3.05, 3.63) is 35.5 Å². The third-order valence-corrected chi connectivity index (χ3v) is 5.63. The van der Waals surface area contributed by atoms with E-state index in [1.54, 1.807) is 0 Å². The van der Waals surface area contributed by atoms with Crippen molar-refractivity contribution in [3.8, 4) is 0 Å². The number of morpholine rings is 1. The summed E-state index contributed by atoms with van der Waals surface area (Å²) in [5.74, 6) is 0.881. The molecule has 2 fully saturated rings. The molecule has 2 aliphatic rings. The highest BCUT2D eigenvalue weighted by Gasteiger charge is 2.27. The van der Waals surface area contributed by atoms with Gasteiger partial charge in [-0.05, 0) is 31.7 Å². The molecule has 3 heterocycles. The van der Waals surface area contributed by atoms with E-state index in [0.717, 1.165) is 80.9 Å². The Morgan fingerprint density at radius 2 is 1.88 bits per heavy atom. The molecular weight excluding hydrogens is 314 g/mol. The minimum atomic E-state index is 0.180. The lowest BCUT2D eigenvalue weighted by Gasteiger charge is -2.36. The van der Waals surface area contributed by atoms with E-state index in [-0.39, 0.29) is 5.91 Å². The number of hydrogen-bond acceptors (Lipinski definition) is 3.